The second-order valence-corrected chi connectivity index (χ2v) is 9.07. The van der Waals surface area contributed by atoms with Crippen LogP contribution in [0.15, 0.2) is 28.8 Å². The number of amides is 2. The van der Waals surface area contributed by atoms with E-state index in [1.807, 2.05) is 20.8 Å². The number of hydrogen-bond donors (Lipinski definition) is 2. The van der Waals surface area contributed by atoms with Crippen molar-refractivity contribution in [3.05, 3.63) is 38.8 Å². The second kappa shape index (κ2) is 9.57. The molecule has 5 nitrogen and oxygen atoms in total. The lowest BCUT2D eigenvalue weighted by atomic mass is 10.1. The molecule has 1 aliphatic carbocycles. The van der Waals surface area contributed by atoms with Gasteiger partial charge in [0.1, 0.15) is 11.1 Å². The van der Waals surface area contributed by atoms with Gasteiger partial charge in [-0.2, -0.15) is 0 Å². The van der Waals surface area contributed by atoms with Crippen molar-refractivity contribution >= 4 is 64.1 Å². The molecule has 3 atom stereocenters. The van der Waals surface area contributed by atoms with E-state index in [0.717, 1.165) is 0 Å². The maximum Gasteiger partial charge on any atom is 0.411 e. The number of rotatable bonds is 7. The van der Waals surface area contributed by atoms with Crippen molar-refractivity contribution in [2.75, 3.05) is 11.9 Å². The van der Waals surface area contributed by atoms with Crippen LogP contribution in [-0.4, -0.2) is 24.6 Å². The van der Waals surface area contributed by atoms with Crippen molar-refractivity contribution in [2.24, 2.45) is 17.3 Å². The molecule has 0 heterocycles. The Balaban J connectivity index is 1.85. The first kappa shape index (κ1) is 23.1. The van der Waals surface area contributed by atoms with Gasteiger partial charge >= 0.3 is 6.09 Å². The Kier molecular flexibility index (Phi) is 7.91. The standard InChI is InChI=1S/C19H22Cl4N2O3/c1-4-10(24-17(26)16-12(8-15(22)23)19(16,2)3)9-28-18(27)25-11-5-6-13(20)14(21)7-11/h5-8,10,12,16H,4,9H2,1-3H3,(H,24,26)(H,25,27). The average molecular weight is 468 g/mol. The monoisotopic (exact) mass is 466 g/mol. The predicted octanol–water partition coefficient (Wildman–Crippen LogP) is 6.03. The number of carbonyl (C=O) groups is 2. The Labute approximate surface area is 184 Å². The zero-order valence-electron chi connectivity index (χ0n) is 15.7. The van der Waals surface area contributed by atoms with Crippen molar-refractivity contribution in [3.8, 4) is 0 Å². The summed E-state index contributed by atoms with van der Waals surface area (Å²) < 4.78 is 5.37. The van der Waals surface area contributed by atoms with Gasteiger partial charge in [0.15, 0.2) is 0 Å². The fourth-order valence-electron chi connectivity index (χ4n) is 3.08. The summed E-state index contributed by atoms with van der Waals surface area (Å²) in [5.41, 5.74) is 0.243. The molecule has 2 rings (SSSR count). The number of ether oxygens (including phenoxy) is 1. The molecule has 2 N–H and O–H groups in total. The summed E-state index contributed by atoms with van der Waals surface area (Å²) in [7, 11) is 0. The minimum absolute atomic E-state index is 0.0196. The van der Waals surface area contributed by atoms with Gasteiger partial charge in [-0.3, -0.25) is 10.1 Å². The molecule has 1 saturated carbocycles. The lowest BCUT2D eigenvalue weighted by Crippen LogP contribution is -2.40. The Hall–Kier alpha value is -1.14. The van der Waals surface area contributed by atoms with E-state index in [4.69, 9.17) is 51.1 Å². The van der Waals surface area contributed by atoms with Gasteiger partial charge in [0, 0.05) is 5.69 Å². The third-order valence-corrected chi connectivity index (χ3v) is 5.91. The smallest absolute Gasteiger partial charge is 0.411 e. The van der Waals surface area contributed by atoms with Crippen LogP contribution in [0.1, 0.15) is 27.2 Å². The van der Waals surface area contributed by atoms with Gasteiger partial charge in [-0.25, -0.2) is 4.79 Å². The Morgan fingerprint density at radius 1 is 1.25 bits per heavy atom. The number of benzene rings is 1. The quantitative estimate of drug-likeness (QED) is 0.514. The lowest BCUT2D eigenvalue weighted by molar-refractivity contribution is -0.124. The van der Waals surface area contributed by atoms with Crippen LogP contribution in [-0.2, 0) is 9.53 Å². The van der Waals surface area contributed by atoms with Gasteiger partial charge in [-0.05, 0) is 42.0 Å². The lowest BCUT2D eigenvalue weighted by Gasteiger charge is -2.18. The van der Waals surface area contributed by atoms with E-state index in [2.05, 4.69) is 10.6 Å². The zero-order valence-corrected chi connectivity index (χ0v) is 18.7. The second-order valence-electron chi connectivity index (χ2n) is 7.25. The fraction of sp³-hybridized carbons (Fsp3) is 0.474. The molecule has 1 fully saturated rings. The van der Waals surface area contributed by atoms with E-state index in [9.17, 15) is 9.59 Å². The van der Waals surface area contributed by atoms with Crippen molar-refractivity contribution < 1.29 is 14.3 Å². The van der Waals surface area contributed by atoms with Crippen molar-refractivity contribution in [1.82, 2.24) is 5.32 Å². The average Bonchev–Trinajstić information content (AvgIpc) is 3.14. The maximum atomic E-state index is 12.6. The summed E-state index contributed by atoms with van der Waals surface area (Å²) in [5, 5.41) is 6.21. The highest BCUT2D eigenvalue weighted by molar-refractivity contribution is 6.55. The van der Waals surface area contributed by atoms with Crippen molar-refractivity contribution in [3.63, 3.8) is 0 Å². The maximum absolute atomic E-state index is 12.6. The van der Waals surface area contributed by atoms with Gasteiger partial charge in [0.25, 0.3) is 0 Å². The van der Waals surface area contributed by atoms with Crippen LogP contribution >= 0.6 is 46.4 Å². The zero-order chi connectivity index (χ0) is 21.1. The summed E-state index contributed by atoms with van der Waals surface area (Å²) in [6.45, 7) is 5.91. The molecule has 1 aromatic carbocycles. The van der Waals surface area contributed by atoms with Crippen LogP contribution < -0.4 is 10.6 Å². The molecule has 9 heteroatoms. The molecule has 0 aliphatic heterocycles. The summed E-state index contributed by atoms with van der Waals surface area (Å²) >= 11 is 23.2. The molecular weight excluding hydrogens is 446 g/mol. The molecular formula is C19H22Cl4N2O3. The van der Waals surface area contributed by atoms with E-state index in [1.165, 1.54) is 6.07 Å². The first-order chi connectivity index (χ1) is 13.1. The molecule has 0 spiro atoms. The highest BCUT2D eigenvalue weighted by atomic mass is 35.5. The van der Waals surface area contributed by atoms with Crippen molar-refractivity contribution in [2.45, 2.75) is 33.2 Å². The van der Waals surface area contributed by atoms with Gasteiger partial charge in [-0.15, -0.1) is 0 Å². The van der Waals surface area contributed by atoms with Crippen molar-refractivity contribution in [1.29, 1.82) is 0 Å². The van der Waals surface area contributed by atoms with E-state index in [0.29, 0.717) is 22.2 Å². The minimum atomic E-state index is -0.646. The van der Waals surface area contributed by atoms with Gasteiger partial charge in [0.05, 0.1) is 22.0 Å². The highest BCUT2D eigenvalue weighted by Gasteiger charge is 2.60. The first-order valence-electron chi connectivity index (χ1n) is 8.78. The molecule has 154 valence electrons. The van der Waals surface area contributed by atoms with Crippen LogP contribution in [0.2, 0.25) is 10.0 Å². The molecule has 0 bridgehead atoms. The van der Waals surface area contributed by atoms with Gasteiger partial charge in [0.2, 0.25) is 5.91 Å². The van der Waals surface area contributed by atoms with E-state index >= 15 is 0 Å². The molecule has 2 amide bonds. The summed E-state index contributed by atoms with van der Waals surface area (Å²) in [5.74, 6) is -0.353. The molecule has 3 unspecified atom stereocenters. The number of allylic oxidation sites excluding steroid dienone is 1. The first-order valence-corrected chi connectivity index (χ1v) is 10.3. The van der Waals surface area contributed by atoms with Gasteiger partial charge in [-0.1, -0.05) is 67.2 Å². The SMILES string of the molecule is CCC(COC(=O)Nc1ccc(Cl)c(Cl)c1)NC(=O)C1C(C=C(Cl)Cl)C1(C)C. The molecule has 1 aliphatic rings. The number of halogens is 4. The van der Waals surface area contributed by atoms with E-state index in [-0.39, 0.29) is 40.3 Å². The van der Waals surface area contributed by atoms with Crippen LogP contribution in [0, 0.1) is 17.3 Å². The Morgan fingerprint density at radius 2 is 1.93 bits per heavy atom. The van der Waals surface area contributed by atoms with Crippen LogP contribution in [0.5, 0.6) is 0 Å². The summed E-state index contributed by atoms with van der Waals surface area (Å²) in [4.78, 5) is 24.6. The van der Waals surface area contributed by atoms with E-state index in [1.54, 1.807) is 18.2 Å². The number of anilines is 1. The Morgan fingerprint density at radius 3 is 2.50 bits per heavy atom. The largest absolute Gasteiger partial charge is 0.447 e. The summed E-state index contributed by atoms with van der Waals surface area (Å²) in [6.07, 6.45) is 1.65. The van der Waals surface area contributed by atoms with Crippen LogP contribution in [0.25, 0.3) is 0 Å². The number of nitrogens with one attached hydrogen (secondary N) is 2. The van der Waals surface area contributed by atoms with E-state index < -0.39 is 6.09 Å². The predicted molar refractivity (Wildman–Crippen MR) is 114 cm³/mol. The molecule has 0 aromatic heterocycles. The summed E-state index contributed by atoms with van der Waals surface area (Å²) in [6, 6.07) is 4.40. The Bertz CT molecular complexity index is 778. The van der Waals surface area contributed by atoms with Gasteiger partial charge < -0.3 is 10.1 Å². The number of hydrogen-bond acceptors (Lipinski definition) is 3. The molecule has 1 aromatic rings. The third kappa shape index (κ3) is 5.93. The molecule has 28 heavy (non-hydrogen) atoms. The van der Waals surface area contributed by atoms with Crippen LogP contribution in [0.4, 0.5) is 10.5 Å². The topological polar surface area (TPSA) is 67.4 Å². The number of carbonyl (C=O) groups excluding carboxylic acids is 2. The molecule has 0 radical (unpaired) electrons. The van der Waals surface area contributed by atoms with Crippen LogP contribution in [0.3, 0.4) is 0 Å². The normalized spacial score (nSPS) is 20.7. The third-order valence-electron chi connectivity index (χ3n) is 4.92. The molecule has 0 saturated heterocycles. The fourth-order valence-corrected chi connectivity index (χ4v) is 3.65. The highest BCUT2D eigenvalue weighted by Crippen LogP contribution is 2.59. The minimum Gasteiger partial charge on any atom is -0.447 e.